The maximum absolute atomic E-state index is 6.16. The average molecular weight is 214 g/mol. The molecule has 0 spiro atoms. The largest absolute Gasteiger partial charge is 0.316 e. The lowest BCUT2D eigenvalue weighted by Gasteiger charge is -2.15. The highest BCUT2D eigenvalue weighted by Gasteiger charge is 2.24. The molecule has 1 aliphatic heterocycles. The second kappa shape index (κ2) is 3.91. The van der Waals surface area contributed by atoms with Crippen LogP contribution in [-0.2, 0) is 0 Å². The van der Waals surface area contributed by atoms with Crippen molar-refractivity contribution in [2.24, 2.45) is 0 Å². The third-order valence-corrected chi connectivity index (χ3v) is 3.01. The molecule has 0 radical (unpaired) electrons. The van der Waals surface area contributed by atoms with Gasteiger partial charge in [-0.3, -0.25) is 4.68 Å². The maximum Gasteiger partial charge on any atom is 0.0821 e. The Hall–Kier alpha value is -0.540. The van der Waals surface area contributed by atoms with Gasteiger partial charge in [0.05, 0.1) is 16.9 Å². The van der Waals surface area contributed by atoms with Crippen LogP contribution in [0.25, 0.3) is 0 Å². The smallest absolute Gasteiger partial charge is 0.0821 e. The third-order valence-electron chi connectivity index (χ3n) is 2.72. The molecule has 1 aliphatic rings. The van der Waals surface area contributed by atoms with Gasteiger partial charge in [0.25, 0.3) is 0 Å². The molecular weight excluding hydrogens is 198 g/mol. The zero-order valence-electron chi connectivity index (χ0n) is 8.63. The Morgan fingerprint density at radius 2 is 2.43 bits per heavy atom. The molecule has 1 unspecified atom stereocenters. The summed E-state index contributed by atoms with van der Waals surface area (Å²) in [5.41, 5.74) is 1.20. The van der Waals surface area contributed by atoms with Gasteiger partial charge in [0.1, 0.15) is 0 Å². The van der Waals surface area contributed by atoms with Gasteiger partial charge in [-0.25, -0.2) is 0 Å². The predicted octanol–water partition coefficient (Wildman–Crippen LogP) is 2.19. The SMILES string of the molecule is CC(C)n1ncc(Cl)c1C1CCNC1. The standard InChI is InChI=1S/C10H16ClN3/c1-7(2)14-10(9(11)6-13-14)8-3-4-12-5-8/h6-8,12H,3-5H2,1-2H3. The van der Waals surface area contributed by atoms with Gasteiger partial charge in [0, 0.05) is 18.5 Å². The first-order valence-corrected chi connectivity index (χ1v) is 5.51. The summed E-state index contributed by atoms with van der Waals surface area (Å²) in [5.74, 6) is 0.535. The number of hydrogen-bond acceptors (Lipinski definition) is 2. The van der Waals surface area contributed by atoms with E-state index in [2.05, 4.69) is 24.3 Å². The van der Waals surface area contributed by atoms with E-state index in [4.69, 9.17) is 11.6 Å². The van der Waals surface area contributed by atoms with Crippen molar-refractivity contribution in [2.45, 2.75) is 32.2 Å². The van der Waals surface area contributed by atoms with E-state index in [1.54, 1.807) is 6.20 Å². The molecule has 0 saturated carbocycles. The molecule has 1 aromatic heterocycles. The van der Waals surface area contributed by atoms with E-state index in [0.29, 0.717) is 12.0 Å². The van der Waals surface area contributed by atoms with Crippen LogP contribution in [-0.4, -0.2) is 22.9 Å². The van der Waals surface area contributed by atoms with Gasteiger partial charge in [-0.15, -0.1) is 0 Å². The van der Waals surface area contributed by atoms with Gasteiger partial charge in [-0.1, -0.05) is 11.6 Å². The molecule has 0 aromatic carbocycles. The minimum Gasteiger partial charge on any atom is -0.316 e. The van der Waals surface area contributed by atoms with Crippen molar-refractivity contribution in [1.82, 2.24) is 15.1 Å². The van der Waals surface area contributed by atoms with Crippen molar-refractivity contribution in [2.75, 3.05) is 13.1 Å². The summed E-state index contributed by atoms with van der Waals surface area (Å²) in [5, 5.41) is 8.48. The molecule has 4 heteroatoms. The molecule has 14 heavy (non-hydrogen) atoms. The maximum atomic E-state index is 6.16. The number of hydrogen-bond donors (Lipinski definition) is 1. The van der Waals surface area contributed by atoms with E-state index >= 15 is 0 Å². The number of nitrogens with zero attached hydrogens (tertiary/aromatic N) is 2. The Kier molecular flexibility index (Phi) is 2.79. The molecular formula is C10H16ClN3. The Balaban J connectivity index is 2.33. The molecule has 0 aliphatic carbocycles. The summed E-state index contributed by atoms with van der Waals surface area (Å²) >= 11 is 6.16. The van der Waals surface area contributed by atoms with Crippen molar-refractivity contribution in [3.8, 4) is 0 Å². The highest BCUT2D eigenvalue weighted by atomic mass is 35.5. The molecule has 0 bridgehead atoms. The fourth-order valence-corrected chi connectivity index (χ4v) is 2.32. The van der Waals surface area contributed by atoms with E-state index in [1.165, 1.54) is 5.69 Å². The topological polar surface area (TPSA) is 29.9 Å². The molecule has 1 aromatic rings. The first-order chi connectivity index (χ1) is 6.70. The molecule has 78 valence electrons. The van der Waals surface area contributed by atoms with Crippen LogP contribution in [0.3, 0.4) is 0 Å². The normalized spacial score (nSPS) is 22.1. The molecule has 1 saturated heterocycles. The number of nitrogens with one attached hydrogen (secondary N) is 1. The summed E-state index contributed by atoms with van der Waals surface area (Å²) in [4.78, 5) is 0. The zero-order chi connectivity index (χ0) is 10.1. The molecule has 2 heterocycles. The molecule has 1 N–H and O–H groups in total. The average Bonchev–Trinajstić information content (AvgIpc) is 2.71. The van der Waals surface area contributed by atoms with Gasteiger partial charge in [0.2, 0.25) is 0 Å². The first-order valence-electron chi connectivity index (χ1n) is 5.13. The Labute approximate surface area is 89.4 Å². The molecule has 2 rings (SSSR count). The summed E-state index contributed by atoms with van der Waals surface area (Å²) in [6, 6.07) is 0.387. The fourth-order valence-electron chi connectivity index (χ4n) is 2.03. The van der Waals surface area contributed by atoms with Crippen molar-refractivity contribution < 1.29 is 0 Å². The Bertz CT molecular complexity index is 313. The summed E-state index contributed by atoms with van der Waals surface area (Å²) in [6.45, 7) is 6.38. The number of aromatic nitrogens is 2. The van der Waals surface area contributed by atoms with Crippen LogP contribution in [0.4, 0.5) is 0 Å². The van der Waals surface area contributed by atoms with E-state index in [1.807, 2.05) is 4.68 Å². The van der Waals surface area contributed by atoms with Gasteiger partial charge < -0.3 is 5.32 Å². The summed E-state index contributed by atoms with van der Waals surface area (Å²) in [6.07, 6.45) is 2.92. The fraction of sp³-hybridized carbons (Fsp3) is 0.700. The first kappa shape index (κ1) is 9.99. The number of halogens is 1. The monoisotopic (exact) mass is 213 g/mol. The lowest BCUT2D eigenvalue weighted by atomic mass is 10.0. The molecule has 1 fully saturated rings. The molecule has 3 nitrogen and oxygen atoms in total. The van der Waals surface area contributed by atoms with E-state index in [-0.39, 0.29) is 0 Å². The van der Waals surface area contributed by atoms with Crippen molar-refractivity contribution in [1.29, 1.82) is 0 Å². The lowest BCUT2D eigenvalue weighted by molar-refractivity contribution is 0.490. The van der Waals surface area contributed by atoms with Gasteiger partial charge in [0.15, 0.2) is 0 Å². The molecule has 0 amide bonds. The van der Waals surface area contributed by atoms with Crippen LogP contribution in [0.5, 0.6) is 0 Å². The van der Waals surface area contributed by atoms with Crippen molar-refractivity contribution >= 4 is 11.6 Å². The van der Waals surface area contributed by atoms with Gasteiger partial charge in [-0.2, -0.15) is 5.10 Å². The van der Waals surface area contributed by atoms with Crippen LogP contribution in [0.15, 0.2) is 6.20 Å². The number of rotatable bonds is 2. The lowest BCUT2D eigenvalue weighted by Crippen LogP contribution is -2.14. The van der Waals surface area contributed by atoms with Gasteiger partial charge >= 0.3 is 0 Å². The Morgan fingerprint density at radius 1 is 1.64 bits per heavy atom. The van der Waals surface area contributed by atoms with Gasteiger partial charge in [-0.05, 0) is 26.8 Å². The highest BCUT2D eigenvalue weighted by molar-refractivity contribution is 6.31. The van der Waals surface area contributed by atoms with E-state index in [0.717, 1.165) is 24.5 Å². The van der Waals surface area contributed by atoms with Crippen molar-refractivity contribution in [3.63, 3.8) is 0 Å². The zero-order valence-corrected chi connectivity index (χ0v) is 9.38. The highest BCUT2D eigenvalue weighted by Crippen LogP contribution is 2.30. The minimum absolute atomic E-state index is 0.387. The van der Waals surface area contributed by atoms with E-state index < -0.39 is 0 Å². The van der Waals surface area contributed by atoms with Crippen LogP contribution < -0.4 is 5.32 Å². The minimum atomic E-state index is 0.387. The van der Waals surface area contributed by atoms with Crippen LogP contribution >= 0.6 is 11.6 Å². The quantitative estimate of drug-likeness (QED) is 0.817. The second-order valence-electron chi connectivity index (χ2n) is 4.11. The second-order valence-corrected chi connectivity index (χ2v) is 4.51. The predicted molar refractivity (Wildman–Crippen MR) is 57.8 cm³/mol. The van der Waals surface area contributed by atoms with Crippen molar-refractivity contribution in [3.05, 3.63) is 16.9 Å². The summed E-state index contributed by atoms with van der Waals surface area (Å²) < 4.78 is 2.04. The van der Waals surface area contributed by atoms with Crippen LogP contribution in [0, 0.1) is 0 Å². The Morgan fingerprint density at radius 3 is 3.00 bits per heavy atom. The molecule has 1 atom stereocenters. The third kappa shape index (κ3) is 1.66. The van der Waals surface area contributed by atoms with E-state index in [9.17, 15) is 0 Å². The van der Waals surface area contributed by atoms with Crippen LogP contribution in [0.2, 0.25) is 5.02 Å². The summed E-state index contributed by atoms with van der Waals surface area (Å²) in [7, 11) is 0. The van der Waals surface area contributed by atoms with Crippen LogP contribution in [0.1, 0.15) is 37.9 Å².